The van der Waals surface area contributed by atoms with Gasteiger partial charge in [0.2, 0.25) is 0 Å². The molecule has 1 atom stereocenters. The van der Waals surface area contributed by atoms with Crippen molar-refractivity contribution in [2.24, 2.45) is 0 Å². The molecule has 0 amide bonds. The number of carbonyl (C=O) groups excluding carboxylic acids is 2. The summed E-state index contributed by atoms with van der Waals surface area (Å²) in [4.78, 5) is 37.9. The Kier molecular flexibility index (Phi) is 9.87. The number of nitrogens with zero attached hydrogens (tertiary/aromatic N) is 1. The molecule has 9 nitrogen and oxygen atoms in total. The zero-order valence-electron chi connectivity index (χ0n) is 21.0. The van der Waals surface area contributed by atoms with Crippen molar-refractivity contribution in [3.05, 3.63) is 92.3 Å². The van der Waals surface area contributed by atoms with Crippen LogP contribution in [-0.4, -0.2) is 48.0 Å². The molecule has 0 saturated heterocycles. The smallest absolute Gasteiger partial charge is 0.336 e. The maximum absolute atomic E-state index is 13.3. The van der Waals surface area contributed by atoms with Gasteiger partial charge in [0, 0.05) is 40.8 Å². The van der Waals surface area contributed by atoms with Crippen LogP contribution in [0.25, 0.3) is 0 Å². The van der Waals surface area contributed by atoms with Gasteiger partial charge in [0.15, 0.2) is 0 Å². The average Bonchev–Trinajstić information content (AvgIpc) is 2.89. The first-order valence-electron chi connectivity index (χ1n) is 11.8. The Bertz CT molecular complexity index is 1220. The van der Waals surface area contributed by atoms with Crippen molar-refractivity contribution in [1.29, 1.82) is 0 Å². The van der Waals surface area contributed by atoms with Crippen molar-refractivity contribution >= 4 is 29.4 Å². The molecule has 2 N–H and O–H groups in total. The molecule has 0 radical (unpaired) electrons. The largest absolute Gasteiger partial charge is 0.466 e. The number of aliphatic hydroxyl groups is 1. The molecule has 1 unspecified atom stereocenters. The highest BCUT2D eigenvalue weighted by molar-refractivity contribution is 7.99. The van der Waals surface area contributed by atoms with Crippen LogP contribution in [0.15, 0.2) is 76.0 Å². The number of carbonyl (C=O) groups is 2. The summed E-state index contributed by atoms with van der Waals surface area (Å²) in [6.07, 6.45) is 1.53. The summed E-state index contributed by atoms with van der Waals surface area (Å²) in [7, 11) is 1.24. The third-order valence-corrected chi connectivity index (χ3v) is 6.91. The number of allylic oxidation sites excluding steroid dienone is 2. The summed E-state index contributed by atoms with van der Waals surface area (Å²) in [5, 5.41) is 23.4. The highest BCUT2D eigenvalue weighted by Crippen LogP contribution is 2.40. The van der Waals surface area contributed by atoms with Crippen LogP contribution in [0, 0.1) is 10.1 Å². The van der Waals surface area contributed by atoms with Gasteiger partial charge in [0.1, 0.15) is 6.61 Å². The lowest BCUT2D eigenvalue weighted by Gasteiger charge is -2.30. The zero-order chi connectivity index (χ0) is 26.9. The fourth-order valence-corrected chi connectivity index (χ4v) is 4.93. The van der Waals surface area contributed by atoms with Crippen molar-refractivity contribution in [3.63, 3.8) is 0 Å². The first-order chi connectivity index (χ1) is 17.8. The van der Waals surface area contributed by atoms with E-state index in [1.165, 1.54) is 37.1 Å². The maximum Gasteiger partial charge on any atom is 0.336 e. The third kappa shape index (κ3) is 6.99. The fourth-order valence-electron chi connectivity index (χ4n) is 4.20. The quantitative estimate of drug-likeness (QED) is 0.145. The highest BCUT2D eigenvalue weighted by atomic mass is 32.2. The van der Waals surface area contributed by atoms with Gasteiger partial charge in [-0.3, -0.25) is 10.1 Å². The number of methoxy groups -OCH3 is 1. The predicted molar refractivity (Wildman–Crippen MR) is 140 cm³/mol. The van der Waals surface area contributed by atoms with Crippen LogP contribution < -0.4 is 5.32 Å². The Balaban J connectivity index is 1.77. The number of rotatable bonds is 11. The van der Waals surface area contributed by atoms with E-state index in [1.54, 1.807) is 19.9 Å². The van der Waals surface area contributed by atoms with Gasteiger partial charge in [-0.1, -0.05) is 24.3 Å². The van der Waals surface area contributed by atoms with Gasteiger partial charge in [0.25, 0.3) is 5.69 Å². The molecule has 10 heteroatoms. The second kappa shape index (κ2) is 13.1. The minimum atomic E-state index is -0.889. The first-order valence-corrected chi connectivity index (χ1v) is 12.8. The second-order valence-corrected chi connectivity index (χ2v) is 9.60. The van der Waals surface area contributed by atoms with Crippen molar-refractivity contribution < 1.29 is 29.1 Å². The minimum absolute atomic E-state index is 0.129. The van der Waals surface area contributed by atoms with Gasteiger partial charge in [-0.05, 0) is 49.9 Å². The predicted octanol–water partition coefficient (Wildman–Crippen LogP) is 4.26. The third-order valence-electron chi connectivity index (χ3n) is 5.93. The molecule has 0 aliphatic carbocycles. The number of nitro groups is 1. The van der Waals surface area contributed by atoms with Crippen molar-refractivity contribution in [1.82, 2.24) is 5.32 Å². The standard InChI is InChI=1S/C27H30N2O7S/c1-17-23(26(31)35-3)25(20-7-4-8-21(16-20)29(33)34)24(18(2)28-17)27(32)36-14-15-37-22-11-9-19(10-12-22)6-5-13-30/h4,7-12,16,25,28,30H,5-6,13-15H2,1-3H3. The lowest BCUT2D eigenvalue weighted by molar-refractivity contribution is -0.384. The zero-order valence-corrected chi connectivity index (χ0v) is 21.8. The molecule has 2 aromatic carbocycles. The molecular weight excluding hydrogens is 496 g/mol. The van der Waals surface area contributed by atoms with E-state index in [-0.39, 0.29) is 30.0 Å². The molecule has 1 aliphatic rings. The van der Waals surface area contributed by atoms with Gasteiger partial charge >= 0.3 is 11.9 Å². The van der Waals surface area contributed by atoms with Crippen molar-refractivity contribution in [3.8, 4) is 0 Å². The van der Waals surface area contributed by atoms with E-state index in [4.69, 9.17) is 14.6 Å². The molecule has 0 aromatic heterocycles. The van der Waals surface area contributed by atoms with E-state index in [9.17, 15) is 19.7 Å². The summed E-state index contributed by atoms with van der Waals surface area (Å²) < 4.78 is 10.6. The Hall–Kier alpha value is -3.63. The van der Waals surface area contributed by atoms with Crippen LogP contribution in [0.4, 0.5) is 5.69 Å². The number of thioether (sulfide) groups is 1. The van der Waals surface area contributed by atoms with Crippen LogP contribution in [0.1, 0.15) is 37.3 Å². The lowest BCUT2D eigenvalue weighted by Crippen LogP contribution is -2.32. The van der Waals surface area contributed by atoms with Crippen LogP contribution in [-0.2, 0) is 25.5 Å². The summed E-state index contributed by atoms with van der Waals surface area (Å²) in [6.45, 7) is 3.68. The number of non-ortho nitro benzene ring substituents is 1. The second-order valence-electron chi connectivity index (χ2n) is 8.43. The summed E-state index contributed by atoms with van der Waals surface area (Å²) >= 11 is 1.54. The van der Waals surface area contributed by atoms with Gasteiger partial charge < -0.3 is 19.9 Å². The molecule has 1 heterocycles. The molecule has 3 rings (SSSR count). The molecule has 2 aromatic rings. The van der Waals surface area contributed by atoms with Crippen LogP contribution in [0.3, 0.4) is 0 Å². The summed E-state index contributed by atoms with van der Waals surface area (Å²) in [6, 6.07) is 13.9. The topological polar surface area (TPSA) is 128 Å². The number of hydrogen-bond donors (Lipinski definition) is 2. The van der Waals surface area contributed by atoms with Gasteiger partial charge in [-0.15, -0.1) is 11.8 Å². The van der Waals surface area contributed by atoms with E-state index in [0.717, 1.165) is 23.3 Å². The number of benzene rings is 2. The first kappa shape index (κ1) is 27.9. The maximum atomic E-state index is 13.3. The Morgan fingerprint density at radius 3 is 2.38 bits per heavy atom. The van der Waals surface area contributed by atoms with E-state index in [0.29, 0.717) is 22.7 Å². The van der Waals surface area contributed by atoms with Crippen LogP contribution in [0.2, 0.25) is 0 Å². The number of esters is 2. The number of nitrogens with one attached hydrogen (secondary N) is 1. The summed E-state index contributed by atoms with van der Waals surface area (Å²) in [5.74, 6) is -1.63. The SMILES string of the molecule is COC(=O)C1=C(C)NC(C)=C(C(=O)OCCSc2ccc(CCCO)cc2)C1c1cccc([N+](=O)[O-])c1. The van der Waals surface area contributed by atoms with Crippen molar-refractivity contribution in [2.45, 2.75) is 37.5 Å². The summed E-state index contributed by atoms with van der Waals surface area (Å²) in [5.41, 5.74) is 2.79. The number of dihydropyridines is 1. The molecule has 196 valence electrons. The number of hydrogen-bond acceptors (Lipinski definition) is 9. The molecule has 0 spiro atoms. The molecule has 0 saturated carbocycles. The molecular formula is C27H30N2O7S. The number of aryl methyl sites for hydroxylation is 1. The number of ether oxygens (including phenoxy) is 2. The Morgan fingerprint density at radius 2 is 1.76 bits per heavy atom. The van der Waals surface area contributed by atoms with Gasteiger partial charge in [0.05, 0.1) is 29.1 Å². The lowest BCUT2D eigenvalue weighted by atomic mass is 9.80. The molecule has 1 aliphatic heterocycles. The Labute approximate surface area is 219 Å². The number of aliphatic hydroxyl groups excluding tert-OH is 1. The van der Waals surface area contributed by atoms with E-state index < -0.39 is 22.8 Å². The fraction of sp³-hybridized carbons (Fsp3) is 0.333. The van der Waals surface area contributed by atoms with E-state index in [2.05, 4.69) is 5.32 Å². The highest BCUT2D eigenvalue weighted by Gasteiger charge is 2.38. The normalized spacial score (nSPS) is 15.3. The van der Waals surface area contributed by atoms with Crippen molar-refractivity contribution in [2.75, 3.05) is 26.1 Å². The van der Waals surface area contributed by atoms with E-state index in [1.807, 2.05) is 24.3 Å². The molecule has 0 fully saturated rings. The van der Waals surface area contributed by atoms with Gasteiger partial charge in [-0.25, -0.2) is 9.59 Å². The Morgan fingerprint density at radius 1 is 1.08 bits per heavy atom. The molecule has 0 bridgehead atoms. The van der Waals surface area contributed by atoms with Crippen LogP contribution in [0.5, 0.6) is 0 Å². The number of nitro benzene ring substituents is 1. The average molecular weight is 527 g/mol. The van der Waals surface area contributed by atoms with Crippen LogP contribution >= 0.6 is 11.8 Å². The molecule has 37 heavy (non-hydrogen) atoms. The van der Waals surface area contributed by atoms with Gasteiger partial charge in [-0.2, -0.15) is 0 Å². The minimum Gasteiger partial charge on any atom is -0.466 e. The van der Waals surface area contributed by atoms with E-state index >= 15 is 0 Å². The monoisotopic (exact) mass is 526 g/mol.